The van der Waals surface area contributed by atoms with Crippen molar-refractivity contribution in [2.75, 3.05) is 5.73 Å². The second-order valence-electron chi connectivity index (χ2n) is 6.26. The quantitative estimate of drug-likeness (QED) is 0.113. The van der Waals surface area contributed by atoms with E-state index in [-0.39, 0.29) is 105 Å². The summed E-state index contributed by atoms with van der Waals surface area (Å²) in [4.78, 5) is -2.35. The second kappa shape index (κ2) is 12.6. The molecule has 4 N–H and O–H groups in total. The predicted octanol–water partition coefficient (Wildman–Crippen LogP) is -7.39. The van der Waals surface area contributed by atoms with Gasteiger partial charge >= 0.3 is 88.7 Å². The van der Waals surface area contributed by atoms with Crippen molar-refractivity contribution in [1.82, 2.24) is 0 Å². The van der Waals surface area contributed by atoms with E-state index in [0.29, 0.717) is 6.07 Å². The summed E-state index contributed by atoms with van der Waals surface area (Å²) >= 11 is 0. The third-order valence-corrected chi connectivity index (χ3v) is 6.64. The number of nitrogens with zero attached hydrogens (tertiary/aromatic N) is 2. The van der Waals surface area contributed by atoms with Crippen LogP contribution in [-0.2, 0) is 30.4 Å². The molecule has 0 fully saturated rings. The molecule has 0 radical (unpaired) electrons. The van der Waals surface area contributed by atoms with Gasteiger partial charge in [-0.05, 0) is 47.9 Å². The van der Waals surface area contributed by atoms with Crippen molar-refractivity contribution in [2.24, 2.45) is 10.2 Å². The standard InChI is InChI=1S/C16H13N3O10S3.3Na/c17-12-7-11(31(24,25)26)5-8-6-13(32(27,28)29)15(16(20)14(8)12)19-18-9-1-3-10(4-2-9)30(21,22)23;;;/h1-7,20H,17H2,(H,21,22,23)(H,24,25,26)(H,27,28,29);;;/q;3*+1/p-2. The third-order valence-electron chi connectivity index (χ3n) is 4.11. The number of anilines is 1. The number of nitrogens with two attached hydrogens (primary N) is 1. The molecule has 0 heterocycles. The van der Waals surface area contributed by atoms with Gasteiger partial charge in [-0.1, -0.05) is 0 Å². The molecule has 0 aliphatic heterocycles. The molecular formula is C16H11N3Na3O10S3+. The summed E-state index contributed by atoms with van der Waals surface area (Å²) in [5.74, 6) is -0.928. The number of benzene rings is 3. The van der Waals surface area contributed by atoms with Crippen molar-refractivity contribution < 1.29 is 133 Å². The topological polar surface area (TPSA) is 240 Å². The minimum atomic E-state index is -5.28. The van der Waals surface area contributed by atoms with Crippen LogP contribution < -0.4 is 94.4 Å². The van der Waals surface area contributed by atoms with Gasteiger partial charge in [-0.15, -0.1) is 5.11 Å². The molecule has 0 amide bonds. The summed E-state index contributed by atoms with van der Waals surface area (Å²) in [5.41, 5.74) is 4.41. The Morgan fingerprint density at radius 2 is 1.31 bits per heavy atom. The van der Waals surface area contributed by atoms with E-state index in [2.05, 4.69) is 10.2 Å². The van der Waals surface area contributed by atoms with Crippen molar-refractivity contribution in [1.29, 1.82) is 0 Å². The first-order chi connectivity index (χ1) is 14.6. The van der Waals surface area contributed by atoms with E-state index < -0.39 is 62.2 Å². The maximum Gasteiger partial charge on any atom is 1.00 e. The minimum Gasteiger partial charge on any atom is -0.744 e. The Hall–Kier alpha value is -0.150. The van der Waals surface area contributed by atoms with Crippen molar-refractivity contribution in [3.63, 3.8) is 0 Å². The van der Waals surface area contributed by atoms with Crippen LogP contribution in [0.5, 0.6) is 5.75 Å². The first kappa shape index (κ1) is 34.9. The second-order valence-corrected chi connectivity index (χ2v) is 10.4. The van der Waals surface area contributed by atoms with Crippen molar-refractivity contribution >= 4 is 58.2 Å². The molecule has 0 atom stereocenters. The number of nitrogen functional groups attached to an aromatic ring is 1. The molecule has 0 aliphatic rings. The van der Waals surface area contributed by atoms with Gasteiger partial charge in [0.25, 0.3) is 10.1 Å². The van der Waals surface area contributed by atoms with Gasteiger partial charge in [0, 0.05) is 11.1 Å². The van der Waals surface area contributed by atoms with E-state index in [1.807, 2.05) is 0 Å². The van der Waals surface area contributed by atoms with Crippen molar-refractivity contribution in [2.45, 2.75) is 14.7 Å². The fourth-order valence-electron chi connectivity index (χ4n) is 2.72. The summed E-state index contributed by atoms with van der Waals surface area (Å²) in [6.45, 7) is 0. The molecule has 0 saturated carbocycles. The number of phenolic OH excluding ortho intramolecular Hbond substituents is 1. The van der Waals surface area contributed by atoms with Crippen molar-refractivity contribution in [3.8, 4) is 5.75 Å². The van der Waals surface area contributed by atoms with E-state index in [1.165, 1.54) is 0 Å². The Morgan fingerprint density at radius 3 is 1.77 bits per heavy atom. The summed E-state index contributed by atoms with van der Waals surface area (Å²) in [6.07, 6.45) is 0. The Kier molecular flexibility index (Phi) is 12.5. The summed E-state index contributed by atoms with van der Waals surface area (Å²) < 4.78 is 100. The monoisotopic (exact) mass is 570 g/mol. The number of aromatic hydroxyl groups is 1. The predicted molar refractivity (Wildman–Crippen MR) is 106 cm³/mol. The number of hydrogen-bond donors (Lipinski definition) is 3. The average Bonchev–Trinajstić information content (AvgIpc) is 2.64. The third kappa shape index (κ3) is 8.17. The summed E-state index contributed by atoms with van der Waals surface area (Å²) in [6, 6.07) is 6.28. The minimum absolute atomic E-state index is 0. The fourth-order valence-corrected chi connectivity index (χ4v) is 4.38. The van der Waals surface area contributed by atoms with E-state index in [4.69, 9.17) is 10.3 Å². The smallest absolute Gasteiger partial charge is 0.744 e. The van der Waals surface area contributed by atoms with Crippen LogP contribution in [-0.4, -0.2) is 44.0 Å². The van der Waals surface area contributed by atoms with Gasteiger partial charge in [0.05, 0.1) is 20.4 Å². The number of azo groups is 1. The Morgan fingerprint density at radius 1 is 0.771 bits per heavy atom. The van der Waals surface area contributed by atoms with E-state index in [9.17, 15) is 39.5 Å². The van der Waals surface area contributed by atoms with Gasteiger partial charge in [-0.3, -0.25) is 4.55 Å². The molecule has 3 rings (SSSR count). The molecule has 0 saturated heterocycles. The SMILES string of the molecule is Nc1cc(S(=O)(=O)[O-])cc2cc(S(=O)(=O)[O-])c(N=Nc3ccc(S(=O)(=O)O)cc3)c(O)c12.[Na+].[Na+].[Na+]. The van der Waals surface area contributed by atoms with Gasteiger partial charge in [0.1, 0.15) is 25.9 Å². The first-order valence-corrected chi connectivity index (χ1v) is 12.3. The zero-order valence-corrected chi connectivity index (χ0v) is 26.8. The molecule has 0 bridgehead atoms. The largest absolute Gasteiger partial charge is 1.00 e. The number of hydrogen-bond acceptors (Lipinski definition) is 12. The van der Waals surface area contributed by atoms with Gasteiger partial charge in [-0.2, -0.15) is 13.5 Å². The molecule has 0 aromatic heterocycles. The van der Waals surface area contributed by atoms with Gasteiger partial charge in [0.2, 0.25) is 0 Å². The molecule has 19 heteroatoms. The van der Waals surface area contributed by atoms with Crippen molar-refractivity contribution in [3.05, 3.63) is 42.5 Å². The first-order valence-electron chi connectivity index (χ1n) is 8.09. The molecule has 0 aliphatic carbocycles. The van der Waals surface area contributed by atoms with Gasteiger partial charge in [0.15, 0.2) is 5.75 Å². The average molecular weight is 570 g/mol. The van der Waals surface area contributed by atoms with Crippen LogP contribution in [0.1, 0.15) is 0 Å². The number of rotatable bonds is 5. The van der Waals surface area contributed by atoms with Gasteiger partial charge < -0.3 is 19.9 Å². The van der Waals surface area contributed by atoms with Crippen LogP contribution in [0.15, 0.2) is 67.4 Å². The molecule has 13 nitrogen and oxygen atoms in total. The summed E-state index contributed by atoms with van der Waals surface area (Å²) in [5, 5.41) is 17.1. The number of fused-ring (bicyclic) bond motifs is 1. The molecule has 0 spiro atoms. The zero-order chi connectivity index (χ0) is 24.1. The van der Waals surface area contributed by atoms with E-state index >= 15 is 0 Å². The molecular weight excluding hydrogens is 559 g/mol. The van der Waals surface area contributed by atoms with Crippen LogP contribution in [0.4, 0.5) is 17.1 Å². The molecule has 3 aromatic carbocycles. The van der Waals surface area contributed by atoms with Crippen LogP contribution >= 0.6 is 0 Å². The maximum atomic E-state index is 11.7. The Labute approximate surface area is 266 Å². The maximum absolute atomic E-state index is 11.7. The molecule has 0 unspecified atom stereocenters. The van der Waals surface area contributed by atoms with Crippen LogP contribution in [0.25, 0.3) is 10.8 Å². The molecule has 35 heavy (non-hydrogen) atoms. The fraction of sp³-hybridized carbons (Fsp3) is 0. The normalized spacial score (nSPS) is 12.0. The molecule has 170 valence electrons. The van der Waals surface area contributed by atoms with Crippen LogP contribution in [0.2, 0.25) is 0 Å². The van der Waals surface area contributed by atoms with Crippen LogP contribution in [0, 0.1) is 0 Å². The number of phenols is 1. The molecule has 3 aromatic rings. The van der Waals surface area contributed by atoms with Gasteiger partial charge in [-0.25, -0.2) is 16.8 Å². The van der Waals surface area contributed by atoms with Crippen LogP contribution in [0.3, 0.4) is 0 Å². The van der Waals surface area contributed by atoms with E-state index in [1.54, 1.807) is 0 Å². The Balaban J connectivity index is 0.00000385. The van der Waals surface area contributed by atoms with E-state index in [0.717, 1.165) is 36.4 Å². The summed E-state index contributed by atoms with van der Waals surface area (Å²) in [7, 11) is -14.7. The zero-order valence-electron chi connectivity index (χ0n) is 18.4. The Bertz CT molecular complexity index is 1610.